The van der Waals surface area contributed by atoms with E-state index in [9.17, 15) is 19.3 Å². The molecule has 0 heterocycles. The molecule has 8 heteroatoms. The first-order chi connectivity index (χ1) is 8.88. The van der Waals surface area contributed by atoms with Crippen molar-refractivity contribution in [1.29, 1.82) is 0 Å². The molecule has 1 rings (SSSR count). The predicted molar refractivity (Wildman–Crippen MR) is 65.2 cm³/mol. The van der Waals surface area contributed by atoms with E-state index in [0.717, 1.165) is 6.07 Å². The normalized spacial score (nSPS) is 10.3. The number of methoxy groups -OCH3 is 1. The fraction of sp³-hybridized carbons (Fsp3) is 0.364. The van der Waals surface area contributed by atoms with Crippen LogP contribution in [0.25, 0.3) is 0 Å². The highest BCUT2D eigenvalue weighted by molar-refractivity contribution is 5.93. The van der Waals surface area contributed by atoms with Crippen molar-refractivity contribution in [3.8, 4) is 0 Å². The van der Waals surface area contributed by atoms with E-state index in [4.69, 9.17) is 9.84 Å². The Hall–Kier alpha value is -2.22. The third kappa shape index (κ3) is 3.38. The number of halogens is 1. The van der Waals surface area contributed by atoms with Crippen LogP contribution in [-0.4, -0.2) is 43.3 Å². The number of aromatic carboxylic acids is 1. The summed E-state index contributed by atoms with van der Waals surface area (Å²) in [5, 5.41) is 19.6. The Balaban J connectivity index is 3.24. The van der Waals surface area contributed by atoms with Crippen molar-refractivity contribution >= 4 is 17.3 Å². The number of nitrogens with zero attached hydrogens (tertiary/aromatic N) is 2. The standard InChI is InChI=1S/C11H13FN2O5/c1-13(3-4-19-2)10-5-7(11(15)16)9(14(17)18)6-8(10)12/h5-6H,3-4H2,1-2H3,(H,15,16). The molecule has 0 bridgehead atoms. The number of carboxylic acids is 1. The smallest absolute Gasteiger partial charge is 0.342 e. The summed E-state index contributed by atoms with van der Waals surface area (Å²) in [6.45, 7) is 0.639. The van der Waals surface area contributed by atoms with Gasteiger partial charge in [0.05, 0.1) is 23.3 Å². The van der Waals surface area contributed by atoms with E-state index in [2.05, 4.69) is 0 Å². The zero-order valence-corrected chi connectivity index (χ0v) is 10.4. The molecule has 0 fully saturated rings. The van der Waals surface area contributed by atoms with Crippen LogP contribution in [-0.2, 0) is 4.74 Å². The molecule has 0 saturated carbocycles. The Morgan fingerprint density at radius 1 is 1.58 bits per heavy atom. The van der Waals surface area contributed by atoms with Gasteiger partial charge in [0.15, 0.2) is 5.82 Å². The number of ether oxygens (including phenoxy) is 1. The van der Waals surface area contributed by atoms with Crippen LogP contribution in [0.4, 0.5) is 15.8 Å². The maximum absolute atomic E-state index is 13.8. The van der Waals surface area contributed by atoms with Crippen LogP contribution in [0.15, 0.2) is 12.1 Å². The summed E-state index contributed by atoms with van der Waals surface area (Å²) in [4.78, 5) is 22.1. The molecule has 0 aliphatic carbocycles. The number of carbonyl (C=O) groups is 1. The van der Waals surface area contributed by atoms with Gasteiger partial charge in [0.25, 0.3) is 5.69 Å². The third-order valence-corrected chi connectivity index (χ3v) is 2.53. The van der Waals surface area contributed by atoms with Crippen molar-refractivity contribution in [3.05, 3.63) is 33.6 Å². The van der Waals surface area contributed by atoms with Crippen LogP contribution in [0.5, 0.6) is 0 Å². The molecule has 0 unspecified atom stereocenters. The molecule has 19 heavy (non-hydrogen) atoms. The third-order valence-electron chi connectivity index (χ3n) is 2.53. The maximum Gasteiger partial charge on any atom is 0.342 e. The topological polar surface area (TPSA) is 92.9 Å². The summed E-state index contributed by atoms with van der Waals surface area (Å²) in [6, 6.07) is 1.56. The minimum atomic E-state index is -1.48. The van der Waals surface area contributed by atoms with Crippen molar-refractivity contribution in [2.45, 2.75) is 0 Å². The Bertz CT molecular complexity index is 506. The van der Waals surface area contributed by atoms with Gasteiger partial charge in [0, 0.05) is 20.7 Å². The van der Waals surface area contributed by atoms with E-state index < -0.39 is 28.0 Å². The van der Waals surface area contributed by atoms with Gasteiger partial charge in [-0.25, -0.2) is 9.18 Å². The first-order valence-corrected chi connectivity index (χ1v) is 5.29. The molecule has 7 nitrogen and oxygen atoms in total. The van der Waals surface area contributed by atoms with Crippen LogP contribution >= 0.6 is 0 Å². The zero-order valence-electron chi connectivity index (χ0n) is 10.4. The molecule has 104 valence electrons. The van der Waals surface area contributed by atoms with Gasteiger partial charge in [0.1, 0.15) is 5.56 Å². The SMILES string of the molecule is COCCN(C)c1cc(C(=O)O)c([N+](=O)[O-])cc1F. The largest absolute Gasteiger partial charge is 0.477 e. The summed E-state index contributed by atoms with van der Waals surface area (Å²) in [6.07, 6.45) is 0. The number of nitro groups is 1. The van der Waals surface area contributed by atoms with Gasteiger partial charge < -0.3 is 14.7 Å². The average molecular weight is 272 g/mol. The molecule has 0 aliphatic rings. The predicted octanol–water partition coefficient (Wildman–Crippen LogP) is 1.51. The molecule has 0 atom stereocenters. The molecule has 0 saturated heterocycles. The zero-order chi connectivity index (χ0) is 14.6. The summed E-state index contributed by atoms with van der Waals surface area (Å²) < 4.78 is 18.6. The number of anilines is 1. The number of benzene rings is 1. The first-order valence-electron chi connectivity index (χ1n) is 5.29. The molecule has 1 N–H and O–H groups in total. The number of carboxylic acid groups (broad SMARTS) is 1. The van der Waals surface area contributed by atoms with Crippen molar-refractivity contribution < 1.29 is 24.0 Å². The van der Waals surface area contributed by atoms with E-state index >= 15 is 0 Å². The van der Waals surface area contributed by atoms with E-state index in [1.54, 1.807) is 0 Å². The van der Waals surface area contributed by atoms with Gasteiger partial charge in [-0.05, 0) is 6.07 Å². The molecule has 0 spiro atoms. The Labute approximate surface area is 108 Å². The average Bonchev–Trinajstić information content (AvgIpc) is 2.34. The molecule has 0 aliphatic heterocycles. The molecular formula is C11H13FN2O5. The minimum Gasteiger partial charge on any atom is -0.477 e. The summed E-state index contributed by atoms with van der Waals surface area (Å²) in [7, 11) is 3.01. The van der Waals surface area contributed by atoms with Crippen LogP contribution in [0.1, 0.15) is 10.4 Å². The van der Waals surface area contributed by atoms with Crippen molar-refractivity contribution in [2.24, 2.45) is 0 Å². The van der Waals surface area contributed by atoms with Gasteiger partial charge >= 0.3 is 5.97 Å². The van der Waals surface area contributed by atoms with E-state index in [0.29, 0.717) is 19.2 Å². The van der Waals surface area contributed by atoms with Crippen LogP contribution in [0, 0.1) is 15.9 Å². The maximum atomic E-state index is 13.8. The van der Waals surface area contributed by atoms with Crippen molar-refractivity contribution in [2.75, 3.05) is 32.2 Å². The Kier molecular flexibility index (Phi) is 4.76. The Morgan fingerprint density at radius 3 is 2.68 bits per heavy atom. The summed E-state index contributed by atoms with van der Waals surface area (Å²) in [5.41, 5.74) is -1.35. The molecular weight excluding hydrogens is 259 g/mol. The molecule has 1 aromatic rings. The van der Waals surface area contributed by atoms with Crippen LogP contribution < -0.4 is 4.90 Å². The Morgan fingerprint density at radius 2 is 2.21 bits per heavy atom. The van der Waals surface area contributed by atoms with Gasteiger partial charge in [-0.2, -0.15) is 0 Å². The molecule has 1 aromatic carbocycles. The second kappa shape index (κ2) is 6.10. The second-order valence-corrected chi connectivity index (χ2v) is 3.80. The number of nitro benzene ring substituents is 1. The number of rotatable bonds is 6. The highest BCUT2D eigenvalue weighted by Gasteiger charge is 2.24. The van der Waals surface area contributed by atoms with Gasteiger partial charge in [-0.3, -0.25) is 10.1 Å². The lowest BCUT2D eigenvalue weighted by molar-refractivity contribution is -0.385. The second-order valence-electron chi connectivity index (χ2n) is 3.80. The van der Waals surface area contributed by atoms with Gasteiger partial charge in [-0.15, -0.1) is 0 Å². The fourth-order valence-corrected chi connectivity index (χ4v) is 1.51. The quantitative estimate of drug-likeness (QED) is 0.623. The molecule has 0 radical (unpaired) electrons. The lowest BCUT2D eigenvalue weighted by Gasteiger charge is -2.19. The minimum absolute atomic E-state index is 0.0277. The number of hydrogen-bond donors (Lipinski definition) is 1. The van der Waals surface area contributed by atoms with Crippen molar-refractivity contribution in [3.63, 3.8) is 0 Å². The van der Waals surface area contributed by atoms with Gasteiger partial charge in [0.2, 0.25) is 0 Å². The van der Waals surface area contributed by atoms with E-state index in [-0.39, 0.29) is 5.69 Å². The van der Waals surface area contributed by atoms with Gasteiger partial charge in [-0.1, -0.05) is 0 Å². The number of hydrogen-bond acceptors (Lipinski definition) is 5. The summed E-state index contributed by atoms with van der Waals surface area (Å²) in [5.74, 6) is -2.33. The molecule has 0 amide bonds. The lowest BCUT2D eigenvalue weighted by Crippen LogP contribution is -2.23. The molecule has 0 aromatic heterocycles. The summed E-state index contributed by atoms with van der Waals surface area (Å²) >= 11 is 0. The fourth-order valence-electron chi connectivity index (χ4n) is 1.51. The number of likely N-dealkylation sites (N-methyl/N-ethyl adjacent to an activating group) is 1. The van der Waals surface area contributed by atoms with Crippen molar-refractivity contribution in [1.82, 2.24) is 0 Å². The van der Waals surface area contributed by atoms with Crippen LogP contribution in [0.3, 0.4) is 0 Å². The highest BCUT2D eigenvalue weighted by Crippen LogP contribution is 2.28. The van der Waals surface area contributed by atoms with E-state index in [1.807, 2.05) is 0 Å². The van der Waals surface area contributed by atoms with Crippen LogP contribution in [0.2, 0.25) is 0 Å². The van der Waals surface area contributed by atoms with E-state index in [1.165, 1.54) is 19.1 Å². The highest BCUT2D eigenvalue weighted by atomic mass is 19.1. The monoisotopic (exact) mass is 272 g/mol. The lowest BCUT2D eigenvalue weighted by atomic mass is 10.1. The first kappa shape index (κ1) is 14.8.